The standard InChI is InChI=1S/C24H22ClN3O3S.C15H14ClNO2S.C9H10N2O2/c1-13-15(3-7-22(26)28-13)4-8-23(30)27-12-18-10-17-9-16(11-19(25)24(17)31-18)21-6-5-20(32-21)14(2)29;1-8(18)13-2-3-14(20-13)9-4-10-5-11(7-17)19-15(10)12(16)6-9;1-6-7(3-5-9(12)13)2-4-8(10)11-6/h3-9,11,18H,10,12H2,1-2H3,(H2,26,28)(H,27,30);2-4,6,11H,5,7,17H2,1H3;2-5H,1H3,(H2,10,11)(H,12,13)/b8-4+;;5-3+. The van der Waals surface area contributed by atoms with Crippen LogP contribution >= 0.6 is 45.9 Å². The number of nitrogens with one attached hydrogen (secondary N) is 1. The molecule has 65 heavy (non-hydrogen) atoms. The molecule has 2 atom stereocenters. The number of ketones is 2. The number of rotatable bonds is 11. The topological polar surface area (TPSA) is 223 Å². The average Bonchev–Trinajstić information content (AvgIpc) is 4.09. The maximum atomic E-state index is 12.2. The summed E-state index contributed by atoms with van der Waals surface area (Å²) >= 11 is 15.7. The minimum Gasteiger partial charge on any atom is -0.487 e. The largest absolute Gasteiger partial charge is 0.487 e. The number of nitrogen functional groups attached to an aromatic ring is 2. The number of nitrogens with two attached hydrogens (primary N) is 3. The van der Waals surface area contributed by atoms with Crippen LogP contribution in [0.25, 0.3) is 33.0 Å². The van der Waals surface area contributed by atoms with Gasteiger partial charge >= 0.3 is 5.97 Å². The smallest absolute Gasteiger partial charge is 0.328 e. The van der Waals surface area contributed by atoms with Gasteiger partial charge in [0.1, 0.15) is 35.3 Å². The number of pyridine rings is 2. The van der Waals surface area contributed by atoms with Gasteiger partial charge in [-0.1, -0.05) is 23.2 Å². The molecule has 0 fully saturated rings. The summed E-state index contributed by atoms with van der Waals surface area (Å²) in [5.74, 6) is 1.21. The van der Waals surface area contributed by atoms with E-state index in [0.717, 1.165) is 77.6 Å². The first-order valence-corrected chi connectivity index (χ1v) is 22.6. The van der Waals surface area contributed by atoms with E-state index < -0.39 is 5.97 Å². The van der Waals surface area contributed by atoms with Crippen molar-refractivity contribution in [3.63, 3.8) is 0 Å². The van der Waals surface area contributed by atoms with Crippen molar-refractivity contribution in [2.45, 2.75) is 52.7 Å². The number of carboxylic acid groups (broad SMARTS) is 1. The number of hydrogen-bond donors (Lipinski definition) is 5. The number of nitrogens with zero attached hydrogens (tertiary/aromatic N) is 2. The molecule has 0 radical (unpaired) electrons. The van der Waals surface area contributed by atoms with Crippen LogP contribution in [-0.4, -0.2) is 63.8 Å². The van der Waals surface area contributed by atoms with Crippen molar-refractivity contribution in [1.82, 2.24) is 15.3 Å². The van der Waals surface area contributed by atoms with Crippen LogP contribution in [0.3, 0.4) is 0 Å². The van der Waals surface area contributed by atoms with Crippen LogP contribution in [0.15, 0.2) is 84.9 Å². The lowest BCUT2D eigenvalue weighted by Gasteiger charge is -2.11. The second-order valence-electron chi connectivity index (χ2n) is 15.0. The quantitative estimate of drug-likeness (QED) is 0.0606. The second-order valence-corrected chi connectivity index (χ2v) is 18.0. The molecule has 0 saturated carbocycles. The molecule has 0 aliphatic carbocycles. The zero-order valence-corrected chi connectivity index (χ0v) is 39.0. The Morgan fingerprint density at radius 2 is 1.18 bits per heavy atom. The molecule has 0 spiro atoms. The van der Waals surface area contributed by atoms with Crippen LogP contribution < -0.4 is 32.0 Å². The molecule has 13 nitrogen and oxygen atoms in total. The van der Waals surface area contributed by atoms with E-state index in [2.05, 4.69) is 21.4 Å². The van der Waals surface area contributed by atoms with Gasteiger partial charge in [-0.15, -0.1) is 22.7 Å². The number of carboxylic acids is 1. The van der Waals surface area contributed by atoms with Gasteiger partial charge in [0.05, 0.1) is 26.3 Å². The predicted molar refractivity (Wildman–Crippen MR) is 260 cm³/mol. The maximum Gasteiger partial charge on any atom is 0.328 e. The van der Waals surface area contributed by atoms with Crippen molar-refractivity contribution < 1.29 is 33.8 Å². The van der Waals surface area contributed by atoms with Crippen LogP contribution in [0.4, 0.5) is 11.6 Å². The summed E-state index contributed by atoms with van der Waals surface area (Å²) < 4.78 is 11.7. The molecule has 6 heterocycles. The molecule has 2 unspecified atom stereocenters. The highest BCUT2D eigenvalue weighted by atomic mass is 35.5. The molecule has 2 aliphatic heterocycles. The summed E-state index contributed by atoms with van der Waals surface area (Å²) in [5.41, 5.74) is 23.9. The molecule has 2 aromatic carbocycles. The Labute approximate surface area is 393 Å². The first-order chi connectivity index (χ1) is 31.0. The van der Waals surface area contributed by atoms with E-state index in [0.29, 0.717) is 51.8 Å². The van der Waals surface area contributed by atoms with Gasteiger partial charge in [0.15, 0.2) is 11.6 Å². The summed E-state index contributed by atoms with van der Waals surface area (Å²) in [6.07, 6.45) is 6.96. The van der Waals surface area contributed by atoms with E-state index in [1.165, 1.54) is 34.8 Å². The number of benzene rings is 2. The van der Waals surface area contributed by atoms with Crippen LogP contribution in [0, 0.1) is 13.8 Å². The number of hydrogen-bond acceptors (Lipinski definition) is 13. The lowest BCUT2D eigenvalue weighted by Crippen LogP contribution is -2.33. The summed E-state index contributed by atoms with van der Waals surface area (Å²) in [5, 5.41) is 12.4. The fourth-order valence-electron chi connectivity index (χ4n) is 6.80. The van der Waals surface area contributed by atoms with Gasteiger partial charge in [0.25, 0.3) is 0 Å². The Balaban J connectivity index is 0.000000180. The Morgan fingerprint density at radius 3 is 1.62 bits per heavy atom. The molecule has 336 valence electrons. The third-order valence-corrected chi connectivity index (χ3v) is 13.1. The molecule has 0 saturated heterocycles. The number of amides is 1. The molecule has 4 aromatic heterocycles. The SMILES string of the molecule is CC(=O)c1ccc(-c2cc(Cl)c3c(c2)CC(CN)O3)s1.CC(=O)c1ccc(-c2cc(Cl)c3c(c2)CC(CNC(=O)/C=C/c2ccc(N)nc2C)O3)s1.Cc1nc(N)ccc1/C=C/C(=O)O. The zero-order chi connectivity index (χ0) is 46.9. The Morgan fingerprint density at radius 1 is 0.723 bits per heavy atom. The van der Waals surface area contributed by atoms with Gasteiger partial charge in [-0.25, -0.2) is 14.8 Å². The number of halogens is 2. The molecule has 17 heteroatoms. The monoisotopic (exact) mass is 952 g/mol. The van der Waals surface area contributed by atoms with Gasteiger partial charge in [-0.3, -0.25) is 14.4 Å². The number of ether oxygens (including phenoxy) is 2. The van der Waals surface area contributed by atoms with Crippen molar-refractivity contribution in [1.29, 1.82) is 0 Å². The number of carbonyl (C=O) groups excluding carboxylic acids is 3. The molecular formula is C48H46Cl2N6O7S2. The van der Waals surface area contributed by atoms with E-state index in [-0.39, 0.29) is 29.7 Å². The van der Waals surface area contributed by atoms with Crippen molar-refractivity contribution >= 4 is 93.1 Å². The van der Waals surface area contributed by atoms with E-state index in [4.69, 9.17) is 55.0 Å². The van der Waals surface area contributed by atoms with Gasteiger partial charge in [0, 0.05) is 63.8 Å². The number of Topliss-reactive ketones (excluding diaryl/α,β-unsaturated/α-hetero) is 2. The average molecular weight is 954 g/mol. The molecule has 6 aromatic rings. The normalized spacial score (nSPS) is 14.6. The fourth-order valence-corrected chi connectivity index (χ4v) is 9.15. The predicted octanol–water partition coefficient (Wildman–Crippen LogP) is 9.29. The second kappa shape index (κ2) is 21.5. The van der Waals surface area contributed by atoms with Gasteiger partial charge < -0.3 is 37.1 Å². The van der Waals surface area contributed by atoms with Crippen LogP contribution in [0.1, 0.15) is 66.8 Å². The van der Waals surface area contributed by atoms with Crippen LogP contribution in [0.5, 0.6) is 11.5 Å². The number of aryl methyl sites for hydroxylation is 2. The number of fused-ring (bicyclic) bond motifs is 2. The van der Waals surface area contributed by atoms with Crippen LogP contribution in [0.2, 0.25) is 10.0 Å². The molecule has 0 bridgehead atoms. The van der Waals surface area contributed by atoms with Crippen LogP contribution in [-0.2, 0) is 22.4 Å². The van der Waals surface area contributed by atoms with Crippen molar-refractivity contribution in [2.75, 3.05) is 24.6 Å². The van der Waals surface area contributed by atoms with E-state index in [9.17, 15) is 19.2 Å². The first-order valence-electron chi connectivity index (χ1n) is 20.2. The van der Waals surface area contributed by atoms with Crippen molar-refractivity contribution in [3.05, 3.63) is 138 Å². The molecule has 8 N–H and O–H groups in total. The van der Waals surface area contributed by atoms with Gasteiger partial charge in [0.2, 0.25) is 5.91 Å². The van der Waals surface area contributed by atoms with E-state index >= 15 is 0 Å². The lowest BCUT2D eigenvalue weighted by atomic mass is 10.1. The maximum absolute atomic E-state index is 12.2. The number of aromatic nitrogens is 2. The molecule has 8 rings (SSSR count). The molecular weight excluding hydrogens is 908 g/mol. The number of carbonyl (C=O) groups is 4. The number of anilines is 2. The Kier molecular flexibility index (Phi) is 15.9. The third-order valence-electron chi connectivity index (χ3n) is 10.1. The minimum absolute atomic E-state index is 0.00821. The van der Waals surface area contributed by atoms with Gasteiger partial charge in [-0.05, 0) is 135 Å². The summed E-state index contributed by atoms with van der Waals surface area (Å²) in [6, 6.07) is 22.3. The third kappa shape index (κ3) is 12.7. The zero-order valence-electron chi connectivity index (χ0n) is 35.8. The number of aliphatic carboxylic acids is 1. The van der Waals surface area contributed by atoms with E-state index in [1.807, 2.05) is 55.5 Å². The highest BCUT2D eigenvalue weighted by Crippen LogP contribution is 2.42. The first kappa shape index (κ1) is 48.1. The highest BCUT2D eigenvalue weighted by molar-refractivity contribution is 7.17. The summed E-state index contributed by atoms with van der Waals surface area (Å²) in [7, 11) is 0. The Bertz CT molecular complexity index is 2840. The summed E-state index contributed by atoms with van der Waals surface area (Å²) in [6.45, 7) is 7.58. The summed E-state index contributed by atoms with van der Waals surface area (Å²) in [4.78, 5) is 57.1. The Hall–Kier alpha value is -6.36. The highest BCUT2D eigenvalue weighted by Gasteiger charge is 2.27. The van der Waals surface area contributed by atoms with E-state index in [1.54, 1.807) is 45.0 Å². The lowest BCUT2D eigenvalue weighted by molar-refractivity contribution is -0.131. The van der Waals surface area contributed by atoms with Gasteiger partial charge in [-0.2, -0.15) is 0 Å². The van der Waals surface area contributed by atoms with Crippen molar-refractivity contribution in [3.8, 4) is 32.4 Å². The number of thiophene rings is 2. The minimum atomic E-state index is -0.976. The molecule has 1 amide bonds. The molecule has 2 aliphatic rings. The van der Waals surface area contributed by atoms with Crippen molar-refractivity contribution in [2.24, 2.45) is 5.73 Å². The fraction of sp³-hybridized carbons (Fsp3) is 0.208.